The van der Waals surface area contributed by atoms with Crippen LogP contribution in [0.15, 0.2) is 103 Å². The van der Waals surface area contributed by atoms with E-state index in [0.29, 0.717) is 5.57 Å². The fraction of sp³-hybridized carbons (Fsp3) is 0.432. The van der Waals surface area contributed by atoms with E-state index >= 15 is 0 Å². The summed E-state index contributed by atoms with van der Waals surface area (Å²) in [6.07, 6.45) is 2.37. The summed E-state index contributed by atoms with van der Waals surface area (Å²) in [5.41, 5.74) is 3.75. The minimum Gasteiger partial charge on any atom is -0.478 e. The van der Waals surface area contributed by atoms with E-state index in [1.165, 1.54) is 16.7 Å². The molecule has 0 spiro atoms. The Balaban J connectivity index is 1.81. The highest BCUT2D eigenvalue weighted by atomic mass is 32.2. The van der Waals surface area contributed by atoms with Gasteiger partial charge in [0.25, 0.3) is 0 Å². The van der Waals surface area contributed by atoms with Gasteiger partial charge in [-0.1, -0.05) is 97.6 Å². The van der Waals surface area contributed by atoms with Gasteiger partial charge in [0, 0.05) is 25.2 Å². The lowest BCUT2D eigenvalue weighted by atomic mass is 9.73. The number of carbonyl (C=O) groups is 1. The lowest BCUT2D eigenvalue weighted by Crippen LogP contribution is -2.31. The molecule has 3 aromatic rings. The first kappa shape index (κ1) is 34.4. The van der Waals surface area contributed by atoms with Crippen molar-refractivity contribution in [3.8, 4) is 0 Å². The molecule has 0 aliphatic rings. The van der Waals surface area contributed by atoms with Crippen LogP contribution < -0.4 is 0 Å². The molecule has 0 radical (unpaired) electrons. The highest BCUT2D eigenvalue weighted by molar-refractivity contribution is 8.00. The van der Waals surface area contributed by atoms with Crippen LogP contribution in [0.5, 0.6) is 0 Å². The molecule has 1 N–H and O–H groups in total. The van der Waals surface area contributed by atoms with Gasteiger partial charge in [-0.05, 0) is 94.8 Å². The molecular formula is C37H48O2S3. The summed E-state index contributed by atoms with van der Waals surface area (Å²) in [5.74, 6) is 1.73. The fourth-order valence-electron chi connectivity index (χ4n) is 5.33. The van der Waals surface area contributed by atoms with Crippen molar-refractivity contribution in [1.82, 2.24) is 0 Å². The number of hydrogen-bond donors (Lipinski definition) is 1. The summed E-state index contributed by atoms with van der Waals surface area (Å²) in [6, 6.07) is 31.8. The Morgan fingerprint density at radius 2 is 0.833 bits per heavy atom. The van der Waals surface area contributed by atoms with Crippen molar-refractivity contribution in [1.29, 1.82) is 0 Å². The number of thioether (sulfide) groups is 3. The van der Waals surface area contributed by atoms with Crippen molar-refractivity contribution in [2.24, 2.45) is 5.41 Å². The molecule has 0 heterocycles. The van der Waals surface area contributed by atoms with Crippen molar-refractivity contribution in [3.63, 3.8) is 0 Å². The van der Waals surface area contributed by atoms with E-state index in [0.717, 1.165) is 36.5 Å². The molecule has 0 amide bonds. The summed E-state index contributed by atoms with van der Waals surface area (Å²) in [4.78, 5) is 12.6. The van der Waals surface area contributed by atoms with Gasteiger partial charge in [0.2, 0.25) is 0 Å². The van der Waals surface area contributed by atoms with Gasteiger partial charge in [0.1, 0.15) is 0 Å². The third-order valence-electron chi connectivity index (χ3n) is 8.44. The first-order valence-electron chi connectivity index (χ1n) is 14.8. The minimum absolute atomic E-state index is 0.0638. The average molecular weight is 621 g/mol. The monoisotopic (exact) mass is 620 g/mol. The number of carboxylic acid groups (broad SMARTS) is 1. The van der Waals surface area contributed by atoms with Crippen molar-refractivity contribution in [2.75, 3.05) is 17.3 Å². The molecule has 0 bridgehead atoms. The molecular weight excluding hydrogens is 573 g/mol. The molecule has 0 fully saturated rings. The summed E-state index contributed by atoms with van der Waals surface area (Å²) in [6.45, 7) is 17.8. The third kappa shape index (κ3) is 9.46. The zero-order valence-corrected chi connectivity index (χ0v) is 28.6. The van der Waals surface area contributed by atoms with Crippen LogP contribution in [0.2, 0.25) is 0 Å². The number of benzene rings is 3. The minimum atomic E-state index is -0.873. The summed E-state index contributed by atoms with van der Waals surface area (Å²) >= 11 is 5.74. The topological polar surface area (TPSA) is 37.3 Å². The number of rotatable bonds is 17. The standard InChI is InChI=1S/C37H48O2S3/c1-29(33(38)39)37(23-26-40-34(2,3)30-17-11-8-12-18-30,24-27-41-35(4,5)31-19-13-9-14-20-31)25-28-42-36(6,7)32-21-15-10-16-22-32/h8-22H,1,23-28H2,2-7H3,(H,38,39). The van der Waals surface area contributed by atoms with Crippen molar-refractivity contribution in [3.05, 3.63) is 120 Å². The lowest BCUT2D eigenvalue weighted by Gasteiger charge is -2.37. The molecule has 3 aromatic carbocycles. The zero-order valence-electron chi connectivity index (χ0n) is 26.2. The molecule has 0 saturated heterocycles. The van der Waals surface area contributed by atoms with E-state index in [9.17, 15) is 9.90 Å². The van der Waals surface area contributed by atoms with Gasteiger partial charge < -0.3 is 5.11 Å². The van der Waals surface area contributed by atoms with E-state index in [-0.39, 0.29) is 14.2 Å². The average Bonchev–Trinajstić information content (AvgIpc) is 2.97. The Kier molecular flexibility index (Phi) is 12.4. The lowest BCUT2D eigenvalue weighted by molar-refractivity contribution is -0.134. The smallest absolute Gasteiger partial charge is 0.331 e. The molecule has 0 unspecified atom stereocenters. The van der Waals surface area contributed by atoms with Gasteiger partial charge in [-0.3, -0.25) is 0 Å². The molecule has 3 rings (SSSR count). The van der Waals surface area contributed by atoms with Crippen LogP contribution in [0.3, 0.4) is 0 Å². The largest absolute Gasteiger partial charge is 0.478 e. The Hall–Kier alpha value is -2.08. The van der Waals surface area contributed by atoms with Crippen LogP contribution in [0, 0.1) is 5.41 Å². The molecule has 2 nitrogen and oxygen atoms in total. The van der Waals surface area contributed by atoms with E-state index in [1.54, 1.807) is 0 Å². The SMILES string of the molecule is C=C(C(=O)O)C(CCSC(C)(C)c1ccccc1)(CCSC(C)(C)c1ccccc1)CCSC(C)(C)c1ccccc1. The van der Waals surface area contributed by atoms with Crippen molar-refractivity contribution in [2.45, 2.75) is 75.0 Å². The van der Waals surface area contributed by atoms with Gasteiger partial charge in [-0.15, -0.1) is 0 Å². The summed E-state index contributed by atoms with van der Waals surface area (Å²) in [5, 5.41) is 10.3. The first-order valence-corrected chi connectivity index (χ1v) is 17.8. The van der Waals surface area contributed by atoms with E-state index in [2.05, 4.69) is 139 Å². The van der Waals surface area contributed by atoms with Crippen LogP contribution in [0.4, 0.5) is 0 Å². The quantitative estimate of drug-likeness (QED) is 0.152. The van der Waals surface area contributed by atoms with Gasteiger partial charge in [0.05, 0.1) is 0 Å². The van der Waals surface area contributed by atoms with Crippen molar-refractivity contribution >= 4 is 41.3 Å². The van der Waals surface area contributed by atoms with Gasteiger partial charge in [0.15, 0.2) is 0 Å². The van der Waals surface area contributed by atoms with Gasteiger partial charge >= 0.3 is 5.97 Å². The van der Waals surface area contributed by atoms with Crippen LogP contribution in [-0.2, 0) is 19.0 Å². The van der Waals surface area contributed by atoms with Crippen LogP contribution in [0.1, 0.15) is 77.5 Å². The van der Waals surface area contributed by atoms with Gasteiger partial charge in [-0.2, -0.15) is 35.3 Å². The molecule has 226 valence electrons. The van der Waals surface area contributed by atoms with Crippen molar-refractivity contribution < 1.29 is 9.90 Å². The van der Waals surface area contributed by atoms with Gasteiger partial charge in [-0.25, -0.2) is 4.79 Å². The maximum atomic E-state index is 12.6. The van der Waals surface area contributed by atoms with Crippen LogP contribution >= 0.6 is 35.3 Å². The Morgan fingerprint density at radius 1 is 0.571 bits per heavy atom. The fourth-order valence-corrected chi connectivity index (χ4v) is 9.25. The first-order chi connectivity index (χ1) is 19.8. The molecule has 0 aromatic heterocycles. The van der Waals surface area contributed by atoms with E-state index in [4.69, 9.17) is 0 Å². The number of aliphatic carboxylic acids is 1. The van der Waals surface area contributed by atoms with Crippen LogP contribution in [-0.4, -0.2) is 28.3 Å². The molecule has 0 saturated carbocycles. The number of carboxylic acids is 1. The Morgan fingerprint density at radius 3 is 1.07 bits per heavy atom. The summed E-state index contributed by atoms with van der Waals surface area (Å²) < 4.78 is -0.191. The second-order valence-corrected chi connectivity index (χ2v) is 17.6. The normalized spacial score (nSPS) is 12.7. The predicted octanol–water partition coefficient (Wildman–Crippen LogP) is 10.8. The molecule has 5 heteroatoms. The molecule has 0 aliphatic heterocycles. The summed E-state index contributed by atoms with van der Waals surface area (Å²) in [7, 11) is 0. The molecule has 42 heavy (non-hydrogen) atoms. The Labute approximate surface area is 267 Å². The highest BCUT2D eigenvalue weighted by Crippen LogP contribution is 2.47. The highest BCUT2D eigenvalue weighted by Gasteiger charge is 2.38. The molecule has 0 aliphatic carbocycles. The van der Waals surface area contributed by atoms with E-state index < -0.39 is 11.4 Å². The van der Waals surface area contributed by atoms with E-state index in [1.807, 2.05) is 35.3 Å². The second kappa shape index (κ2) is 15.1. The number of hydrogen-bond acceptors (Lipinski definition) is 4. The maximum Gasteiger partial charge on any atom is 0.331 e. The van der Waals surface area contributed by atoms with Crippen LogP contribution in [0.25, 0.3) is 0 Å². The Bertz CT molecular complexity index is 1130. The third-order valence-corrected chi connectivity index (χ3v) is 12.5. The second-order valence-electron chi connectivity index (χ2n) is 12.5. The predicted molar refractivity (Wildman–Crippen MR) is 189 cm³/mol. The maximum absolute atomic E-state index is 12.6. The molecule has 0 atom stereocenters. The zero-order chi connectivity index (χ0) is 30.9.